The Kier molecular flexibility index (Phi) is 11.4. The van der Waals surface area contributed by atoms with Crippen LogP contribution >= 0.6 is 0 Å². The fourth-order valence-electron chi connectivity index (χ4n) is 5.11. The smallest absolute Gasteiger partial charge is 0.323 e. The van der Waals surface area contributed by atoms with E-state index in [-0.39, 0.29) is 18.9 Å². The van der Waals surface area contributed by atoms with Crippen molar-refractivity contribution in [2.75, 3.05) is 27.4 Å². The maximum atomic E-state index is 13.5. The minimum atomic E-state index is -1.08. The van der Waals surface area contributed by atoms with Crippen LogP contribution < -0.4 is 20.1 Å². The van der Waals surface area contributed by atoms with Gasteiger partial charge in [-0.15, -0.1) is 0 Å². The Morgan fingerprint density at radius 3 is 2.27 bits per heavy atom. The maximum absolute atomic E-state index is 13.5. The van der Waals surface area contributed by atoms with Gasteiger partial charge in [0.05, 0.1) is 27.4 Å². The van der Waals surface area contributed by atoms with Crippen molar-refractivity contribution < 1.29 is 33.7 Å². The summed E-state index contributed by atoms with van der Waals surface area (Å²) in [6, 6.07) is 21.2. The standard InChI is InChI=1S/C34H39N3O7/c1-23-17-30(42-2)26(31(18-23)43-3)14-9-10-16-35-33(40)27(22-44-21-24-11-5-4-6-12-24)36-34(41)29-19-25-13-7-8-15-28(25)37(29)20-32(38)39/h4-8,11-13,15,17-19,27H,9-10,14,16,20-22H2,1-3H3,(H,35,40)(H,36,41)(H,38,39)/t27-/m1/s1. The van der Waals surface area contributed by atoms with Crippen molar-refractivity contribution in [3.63, 3.8) is 0 Å². The van der Waals surface area contributed by atoms with E-state index in [1.54, 1.807) is 38.5 Å². The highest BCUT2D eigenvalue weighted by Gasteiger charge is 2.25. The molecule has 1 aromatic heterocycles. The SMILES string of the molecule is COc1cc(C)cc(OC)c1CCCCNC(=O)[C@@H](COCc1ccccc1)NC(=O)c1cc2ccccc2n1CC(=O)O. The molecule has 10 nitrogen and oxygen atoms in total. The van der Waals surface area contributed by atoms with E-state index in [1.807, 2.05) is 55.5 Å². The number of rotatable bonds is 16. The molecule has 44 heavy (non-hydrogen) atoms. The molecule has 10 heteroatoms. The highest BCUT2D eigenvalue weighted by molar-refractivity contribution is 6.01. The number of carbonyl (C=O) groups excluding carboxylic acids is 2. The fourth-order valence-corrected chi connectivity index (χ4v) is 5.11. The summed E-state index contributed by atoms with van der Waals surface area (Å²) in [5.41, 5.74) is 3.71. The van der Waals surface area contributed by atoms with Gasteiger partial charge in [0, 0.05) is 23.0 Å². The van der Waals surface area contributed by atoms with Crippen LogP contribution in [0.5, 0.6) is 11.5 Å². The lowest BCUT2D eigenvalue weighted by atomic mass is 10.0. The minimum absolute atomic E-state index is 0.0661. The Hall–Kier alpha value is -4.83. The Bertz CT molecular complexity index is 1560. The Balaban J connectivity index is 1.42. The quantitative estimate of drug-likeness (QED) is 0.161. The monoisotopic (exact) mass is 601 g/mol. The maximum Gasteiger partial charge on any atom is 0.323 e. The van der Waals surface area contributed by atoms with E-state index < -0.39 is 30.4 Å². The summed E-state index contributed by atoms with van der Waals surface area (Å²) in [6.45, 7) is 2.17. The lowest BCUT2D eigenvalue weighted by Crippen LogP contribution is -2.50. The summed E-state index contributed by atoms with van der Waals surface area (Å²) in [6.07, 6.45) is 2.16. The third kappa shape index (κ3) is 8.38. The number of aliphatic carboxylic acids is 1. The minimum Gasteiger partial charge on any atom is -0.496 e. The van der Waals surface area contributed by atoms with Crippen LogP contribution in [0.2, 0.25) is 0 Å². The number of nitrogens with zero attached hydrogens (tertiary/aromatic N) is 1. The normalized spacial score (nSPS) is 11.6. The van der Waals surface area contributed by atoms with Gasteiger partial charge >= 0.3 is 5.97 Å². The average molecular weight is 602 g/mol. The van der Waals surface area contributed by atoms with Crippen LogP contribution in [0.3, 0.4) is 0 Å². The molecule has 0 spiro atoms. The number of carbonyl (C=O) groups is 3. The number of hydrogen-bond acceptors (Lipinski definition) is 6. The number of carboxylic acids is 1. The number of fused-ring (bicyclic) bond motifs is 1. The van der Waals surface area contributed by atoms with Crippen molar-refractivity contribution in [2.24, 2.45) is 0 Å². The number of nitrogens with one attached hydrogen (secondary N) is 2. The lowest BCUT2D eigenvalue weighted by molar-refractivity contribution is -0.137. The van der Waals surface area contributed by atoms with E-state index in [4.69, 9.17) is 14.2 Å². The highest BCUT2D eigenvalue weighted by atomic mass is 16.5. The third-order valence-corrected chi connectivity index (χ3v) is 7.26. The van der Waals surface area contributed by atoms with E-state index in [0.29, 0.717) is 24.9 Å². The summed E-state index contributed by atoms with van der Waals surface area (Å²) in [5, 5.41) is 15.9. The molecule has 0 aliphatic heterocycles. The molecule has 3 N–H and O–H groups in total. The molecule has 4 aromatic rings. The molecule has 0 bridgehead atoms. The van der Waals surface area contributed by atoms with Crippen LogP contribution in [0.15, 0.2) is 72.8 Å². The van der Waals surface area contributed by atoms with E-state index in [2.05, 4.69) is 10.6 Å². The number of aromatic nitrogens is 1. The van der Waals surface area contributed by atoms with E-state index in [0.717, 1.165) is 40.0 Å². The molecule has 0 fully saturated rings. The van der Waals surface area contributed by atoms with Crippen molar-refractivity contribution in [1.29, 1.82) is 0 Å². The van der Waals surface area contributed by atoms with Gasteiger partial charge in [0.2, 0.25) is 5.91 Å². The molecule has 0 radical (unpaired) electrons. The number of carboxylic acid groups (broad SMARTS) is 1. The largest absolute Gasteiger partial charge is 0.496 e. The highest BCUT2D eigenvalue weighted by Crippen LogP contribution is 2.31. The first-order chi connectivity index (χ1) is 21.3. The Morgan fingerprint density at radius 2 is 1.59 bits per heavy atom. The molecule has 0 aliphatic rings. The molecule has 1 atom stereocenters. The first-order valence-electron chi connectivity index (χ1n) is 14.5. The van der Waals surface area contributed by atoms with Crippen LogP contribution in [-0.2, 0) is 33.9 Å². The van der Waals surface area contributed by atoms with Crippen LogP contribution in [0.1, 0.15) is 40.0 Å². The Labute approximate surface area is 256 Å². The number of hydrogen-bond donors (Lipinski definition) is 3. The van der Waals surface area contributed by atoms with Crippen LogP contribution in [0.4, 0.5) is 0 Å². The molecule has 1 heterocycles. The molecular formula is C34H39N3O7. The zero-order valence-corrected chi connectivity index (χ0v) is 25.3. The van der Waals surface area contributed by atoms with Crippen LogP contribution in [0.25, 0.3) is 10.9 Å². The number of aryl methyl sites for hydroxylation is 1. The van der Waals surface area contributed by atoms with Gasteiger partial charge in [-0.1, -0.05) is 48.5 Å². The molecule has 2 amide bonds. The fraction of sp³-hybridized carbons (Fsp3) is 0.324. The molecular weight excluding hydrogens is 562 g/mol. The van der Waals surface area contributed by atoms with Crippen LogP contribution in [0, 0.1) is 6.92 Å². The molecule has 4 rings (SSSR count). The number of unbranched alkanes of at least 4 members (excludes halogenated alkanes) is 1. The van der Waals surface area contributed by atoms with Gasteiger partial charge in [-0.3, -0.25) is 14.4 Å². The van der Waals surface area contributed by atoms with Gasteiger partial charge in [-0.25, -0.2) is 0 Å². The molecule has 232 valence electrons. The van der Waals surface area contributed by atoms with Crippen molar-refractivity contribution >= 4 is 28.7 Å². The molecule has 0 saturated heterocycles. The molecule has 0 unspecified atom stereocenters. The summed E-state index contributed by atoms with van der Waals surface area (Å²) in [4.78, 5) is 38.4. The summed E-state index contributed by atoms with van der Waals surface area (Å²) in [7, 11) is 3.26. The van der Waals surface area contributed by atoms with Gasteiger partial charge < -0.3 is 34.5 Å². The lowest BCUT2D eigenvalue weighted by Gasteiger charge is -2.19. The average Bonchev–Trinajstić information content (AvgIpc) is 3.38. The van der Waals surface area contributed by atoms with Gasteiger partial charge in [-0.05, 0) is 61.6 Å². The predicted octanol–water partition coefficient (Wildman–Crippen LogP) is 4.51. The van der Waals surface area contributed by atoms with Crippen molar-refractivity contribution in [3.8, 4) is 11.5 Å². The predicted molar refractivity (Wildman–Crippen MR) is 167 cm³/mol. The van der Waals surface area contributed by atoms with Crippen molar-refractivity contribution in [1.82, 2.24) is 15.2 Å². The Morgan fingerprint density at radius 1 is 0.909 bits per heavy atom. The first kappa shape index (κ1) is 32.1. The van der Waals surface area contributed by atoms with Gasteiger partial charge in [0.25, 0.3) is 5.91 Å². The van der Waals surface area contributed by atoms with Crippen molar-refractivity contribution in [2.45, 2.75) is 45.4 Å². The number of amides is 2. The van der Waals surface area contributed by atoms with E-state index in [9.17, 15) is 19.5 Å². The second-order valence-corrected chi connectivity index (χ2v) is 10.5. The summed E-state index contributed by atoms with van der Waals surface area (Å²) < 4.78 is 18.4. The van der Waals surface area contributed by atoms with Gasteiger partial charge in [-0.2, -0.15) is 0 Å². The number of para-hydroxylation sites is 1. The number of methoxy groups -OCH3 is 2. The summed E-state index contributed by atoms with van der Waals surface area (Å²) >= 11 is 0. The molecule has 0 aliphatic carbocycles. The van der Waals surface area contributed by atoms with E-state index >= 15 is 0 Å². The second-order valence-electron chi connectivity index (χ2n) is 10.5. The third-order valence-electron chi connectivity index (χ3n) is 7.26. The van der Waals surface area contributed by atoms with Gasteiger partial charge in [0.15, 0.2) is 0 Å². The second kappa shape index (κ2) is 15.6. The topological polar surface area (TPSA) is 128 Å². The number of ether oxygens (including phenoxy) is 3. The molecule has 0 saturated carbocycles. The molecule has 3 aromatic carbocycles. The van der Waals surface area contributed by atoms with Crippen molar-refractivity contribution in [3.05, 3.63) is 95.2 Å². The number of benzene rings is 3. The first-order valence-corrected chi connectivity index (χ1v) is 14.5. The summed E-state index contributed by atoms with van der Waals surface area (Å²) in [5.74, 6) is -0.502. The van der Waals surface area contributed by atoms with Gasteiger partial charge in [0.1, 0.15) is 29.8 Å². The van der Waals surface area contributed by atoms with Crippen LogP contribution in [-0.4, -0.2) is 60.9 Å². The van der Waals surface area contributed by atoms with E-state index in [1.165, 1.54) is 4.57 Å². The zero-order chi connectivity index (χ0) is 31.5. The zero-order valence-electron chi connectivity index (χ0n) is 25.3.